The molecule has 1 aromatic rings. The molecule has 0 atom stereocenters. The summed E-state index contributed by atoms with van der Waals surface area (Å²) in [5.41, 5.74) is 0. The van der Waals surface area contributed by atoms with Crippen molar-refractivity contribution in [2.75, 3.05) is 0 Å². The van der Waals surface area contributed by atoms with Crippen LogP contribution < -0.4 is 4.57 Å². The zero-order valence-electron chi connectivity index (χ0n) is 36.0. The lowest BCUT2D eigenvalue weighted by Gasteiger charge is -2.07. The largest absolute Gasteiger partial charge is 0.256 e. The Balaban J connectivity index is 2.25. The first-order valence-electron chi connectivity index (χ1n) is 24.4. The third kappa shape index (κ3) is 32.4. The first-order valence-corrected chi connectivity index (χ1v) is 24.4. The molecule has 0 spiro atoms. The van der Waals surface area contributed by atoms with Crippen LogP contribution in [0.1, 0.15) is 283 Å². The molecule has 0 aromatic carbocycles. The molecule has 0 amide bonds. The van der Waals surface area contributed by atoms with Crippen LogP contribution in [0.25, 0.3) is 0 Å². The molecule has 302 valence electrons. The third-order valence-corrected chi connectivity index (χ3v) is 11.8. The Hall–Kier alpha value is -0.790. The fraction of sp³-hybridized carbons (Fsp3) is 0.939. The number of imidazole rings is 1. The van der Waals surface area contributed by atoms with Crippen LogP contribution in [0.5, 0.6) is 0 Å². The number of hydrogen-bond acceptors (Lipinski definition) is 0. The maximum Gasteiger partial charge on any atom is 0.256 e. The van der Waals surface area contributed by atoms with Crippen molar-refractivity contribution in [2.45, 2.75) is 297 Å². The molecule has 0 saturated heterocycles. The minimum Gasteiger partial charge on any atom is -0.234 e. The molecule has 0 saturated carbocycles. The van der Waals surface area contributed by atoms with E-state index in [0.717, 1.165) is 0 Å². The molecule has 0 N–H and O–H groups in total. The molecule has 0 aliphatic carbocycles. The standard InChI is InChI=1S/C49H97N2/c1-4-7-10-13-16-19-22-24-25-26-27-28-29-32-35-38-41-44-49-50(45-42-39-36-33-30-21-18-15-12-9-6-3)47-48-51(49)46-43-40-37-34-31-23-20-17-14-11-8-5-2/h47-48H,4-46H2,1-3H3/q+1. The Morgan fingerprint density at radius 1 is 0.333 bits per heavy atom. The molecule has 0 fully saturated rings. The van der Waals surface area contributed by atoms with E-state index in [1.807, 2.05) is 0 Å². The molecule has 0 bridgehead atoms. The van der Waals surface area contributed by atoms with Gasteiger partial charge in [0.2, 0.25) is 0 Å². The highest BCUT2D eigenvalue weighted by Gasteiger charge is 2.16. The van der Waals surface area contributed by atoms with Gasteiger partial charge >= 0.3 is 0 Å². The van der Waals surface area contributed by atoms with Crippen molar-refractivity contribution in [3.8, 4) is 0 Å². The maximum absolute atomic E-state index is 2.65. The molecule has 1 heterocycles. The molecule has 51 heavy (non-hydrogen) atoms. The Morgan fingerprint density at radius 3 is 0.941 bits per heavy atom. The summed E-state index contributed by atoms with van der Waals surface area (Å²) in [6.45, 7) is 9.42. The van der Waals surface area contributed by atoms with Crippen LogP contribution in [0.3, 0.4) is 0 Å². The lowest BCUT2D eigenvalue weighted by atomic mass is 10.0. The number of aromatic nitrogens is 2. The molecular weight excluding hydrogens is 617 g/mol. The summed E-state index contributed by atoms with van der Waals surface area (Å²) >= 11 is 0. The second kappa shape index (κ2) is 40.4. The predicted octanol–water partition coefficient (Wildman–Crippen LogP) is 17.0. The van der Waals surface area contributed by atoms with Crippen molar-refractivity contribution < 1.29 is 4.57 Å². The van der Waals surface area contributed by atoms with Crippen molar-refractivity contribution in [3.05, 3.63) is 18.2 Å². The Bertz CT molecular complexity index is 781. The van der Waals surface area contributed by atoms with E-state index in [1.165, 1.54) is 276 Å². The first-order chi connectivity index (χ1) is 25.3. The highest BCUT2D eigenvalue weighted by atomic mass is 15.1. The fourth-order valence-electron chi connectivity index (χ4n) is 8.27. The van der Waals surface area contributed by atoms with Crippen molar-refractivity contribution in [1.29, 1.82) is 0 Å². The van der Waals surface area contributed by atoms with Gasteiger partial charge in [-0.2, -0.15) is 0 Å². The van der Waals surface area contributed by atoms with Crippen LogP contribution in [0.15, 0.2) is 12.4 Å². The molecule has 1 aromatic heterocycles. The zero-order chi connectivity index (χ0) is 36.6. The SMILES string of the molecule is CCCCCCCCCCCCCCCCCCCc1n(CCCCCCCCCCCCC)cc[n+]1CCCCCCCCCCCCCC. The molecule has 0 aliphatic rings. The van der Waals surface area contributed by atoms with Crippen molar-refractivity contribution >= 4 is 0 Å². The molecule has 2 heteroatoms. The summed E-state index contributed by atoms with van der Waals surface area (Å²) in [6.07, 6.45) is 63.8. The number of rotatable bonds is 43. The second-order valence-electron chi connectivity index (χ2n) is 16.9. The third-order valence-electron chi connectivity index (χ3n) is 11.8. The Kier molecular flexibility index (Phi) is 38.2. The summed E-state index contributed by atoms with van der Waals surface area (Å²) in [7, 11) is 0. The number of hydrogen-bond donors (Lipinski definition) is 0. The van der Waals surface area contributed by atoms with Gasteiger partial charge in [-0.1, -0.05) is 245 Å². The summed E-state index contributed by atoms with van der Waals surface area (Å²) < 4.78 is 5.31. The van der Waals surface area contributed by atoms with E-state index in [2.05, 4.69) is 42.3 Å². The van der Waals surface area contributed by atoms with E-state index in [4.69, 9.17) is 0 Å². The number of unbranched alkanes of at least 4 members (excludes halogenated alkanes) is 37. The van der Waals surface area contributed by atoms with Gasteiger partial charge in [-0.05, 0) is 32.1 Å². The summed E-state index contributed by atoms with van der Waals surface area (Å²) in [5, 5.41) is 0. The van der Waals surface area contributed by atoms with Gasteiger partial charge in [0.1, 0.15) is 12.4 Å². The normalized spacial score (nSPS) is 11.7. The molecule has 0 unspecified atom stereocenters. The van der Waals surface area contributed by atoms with Crippen molar-refractivity contribution in [3.63, 3.8) is 0 Å². The number of aryl methyl sites for hydroxylation is 2. The smallest absolute Gasteiger partial charge is 0.234 e. The monoisotopic (exact) mass is 714 g/mol. The van der Waals surface area contributed by atoms with Crippen LogP contribution in [-0.4, -0.2) is 4.57 Å². The Morgan fingerprint density at radius 2 is 0.608 bits per heavy atom. The van der Waals surface area contributed by atoms with Crippen molar-refractivity contribution in [1.82, 2.24) is 4.57 Å². The van der Waals surface area contributed by atoms with Gasteiger partial charge in [0.15, 0.2) is 0 Å². The van der Waals surface area contributed by atoms with Gasteiger partial charge in [-0.3, -0.25) is 0 Å². The molecule has 0 aliphatic heterocycles. The molecule has 2 nitrogen and oxygen atoms in total. The minimum atomic E-state index is 1.23. The van der Waals surface area contributed by atoms with Gasteiger partial charge in [-0.25, -0.2) is 9.13 Å². The topological polar surface area (TPSA) is 8.81 Å². The maximum atomic E-state index is 2.65. The average Bonchev–Trinajstić information content (AvgIpc) is 3.53. The van der Waals surface area contributed by atoms with Crippen LogP contribution >= 0.6 is 0 Å². The van der Waals surface area contributed by atoms with Crippen molar-refractivity contribution in [2.24, 2.45) is 0 Å². The van der Waals surface area contributed by atoms with Crippen LogP contribution in [0.2, 0.25) is 0 Å². The van der Waals surface area contributed by atoms with E-state index in [0.29, 0.717) is 0 Å². The summed E-state index contributed by atoms with van der Waals surface area (Å²) in [5.74, 6) is 1.63. The lowest BCUT2D eigenvalue weighted by molar-refractivity contribution is -0.704. The average molecular weight is 714 g/mol. The fourth-order valence-corrected chi connectivity index (χ4v) is 8.27. The molecule has 1 rings (SSSR count). The van der Waals surface area contributed by atoms with E-state index in [9.17, 15) is 0 Å². The summed E-state index contributed by atoms with van der Waals surface area (Å²) in [4.78, 5) is 0. The minimum absolute atomic E-state index is 1.23. The van der Waals surface area contributed by atoms with E-state index >= 15 is 0 Å². The van der Waals surface area contributed by atoms with Crippen LogP contribution in [0.4, 0.5) is 0 Å². The van der Waals surface area contributed by atoms with Crippen LogP contribution in [-0.2, 0) is 19.5 Å². The van der Waals surface area contributed by atoms with Gasteiger partial charge in [0.25, 0.3) is 5.82 Å². The van der Waals surface area contributed by atoms with E-state index in [-0.39, 0.29) is 0 Å². The highest BCUT2D eigenvalue weighted by Crippen LogP contribution is 2.17. The van der Waals surface area contributed by atoms with E-state index < -0.39 is 0 Å². The quantitative estimate of drug-likeness (QED) is 0.0471. The predicted molar refractivity (Wildman–Crippen MR) is 230 cm³/mol. The van der Waals surface area contributed by atoms with Gasteiger partial charge in [0.05, 0.1) is 13.1 Å². The highest BCUT2D eigenvalue weighted by molar-refractivity contribution is 4.84. The summed E-state index contributed by atoms with van der Waals surface area (Å²) in [6, 6.07) is 0. The van der Waals surface area contributed by atoms with Gasteiger partial charge < -0.3 is 0 Å². The molecular formula is C49H97N2+. The van der Waals surface area contributed by atoms with Gasteiger partial charge in [-0.15, -0.1) is 0 Å². The van der Waals surface area contributed by atoms with Crippen LogP contribution in [0, 0.1) is 0 Å². The molecule has 0 radical (unpaired) electrons. The Labute approximate surface area is 323 Å². The first kappa shape index (κ1) is 48.2. The second-order valence-corrected chi connectivity index (χ2v) is 16.9. The lowest BCUT2D eigenvalue weighted by Crippen LogP contribution is -2.37. The van der Waals surface area contributed by atoms with Gasteiger partial charge in [0, 0.05) is 6.42 Å². The number of nitrogens with zero attached hydrogens (tertiary/aromatic N) is 2. The van der Waals surface area contributed by atoms with E-state index in [1.54, 1.807) is 5.82 Å². The zero-order valence-corrected chi connectivity index (χ0v) is 36.0.